The van der Waals surface area contributed by atoms with Gasteiger partial charge in [0.25, 0.3) is 0 Å². The first kappa shape index (κ1) is 19.1. The summed E-state index contributed by atoms with van der Waals surface area (Å²) in [6.45, 7) is 2.80. The van der Waals surface area contributed by atoms with Gasteiger partial charge in [0.05, 0.1) is 22.4 Å². The highest BCUT2D eigenvalue weighted by atomic mass is 35.5. The van der Waals surface area contributed by atoms with Gasteiger partial charge in [0.15, 0.2) is 0 Å². The topological polar surface area (TPSA) is 67.3 Å². The number of nitrogens with one attached hydrogen (secondary N) is 1. The minimum Gasteiger partial charge on any atom is -0.465 e. The number of ether oxygens (including phenoxy) is 1. The molecule has 28 heavy (non-hydrogen) atoms. The van der Waals surface area contributed by atoms with E-state index in [9.17, 15) is 4.79 Å². The lowest BCUT2D eigenvalue weighted by molar-refractivity contribution is 0.0600. The van der Waals surface area contributed by atoms with Crippen molar-refractivity contribution in [3.05, 3.63) is 52.1 Å². The number of piperidine rings is 1. The third-order valence-electron chi connectivity index (χ3n) is 4.98. The van der Waals surface area contributed by atoms with E-state index in [2.05, 4.69) is 26.3 Å². The van der Waals surface area contributed by atoms with Gasteiger partial charge < -0.3 is 10.1 Å². The van der Waals surface area contributed by atoms with Crippen molar-refractivity contribution in [1.29, 1.82) is 0 Å². The van der Waals surface area contributed by atoms with E-state index in [1.54, 1.807) is 12.4 Å². The molecule has 8 heteroatoms. The molecule has 1 aliphatic rings. The number of methoxy groups -OCH3 is 1. The SMILES string of the molecule is COC(=O)c1cccc(CN2CCC(Nc3ncnc4sc(Cl)cc34)CC2)c1. The number of hydrogen-bond donors (Lipinski definition) is 1. The van der Waals surface area contributed by atoms with E-state index in [1.807, 2.05) is 18.2 Å². The Balaban J connectivity index is 1.35. The zero-order valence-electron chi connectivity index (χ0n) is 15.5. The van der Waals surface area contributed by atoms with Crippen LogP contribution in [0.15, 0.2) is 36.7 Å². The number of benzene rings is 1. The smallest absolute Gasteiger partial charge is 0.337 e. The number of esters is 1. The van der Waals surface area contributed by atoms with Gasteiger partial charge in [-0.25, -0.2) is 14.8 Å². The highest BCUT2D eigenvalue weighted by Crippen LogP contribution is 2.32. The maximum Gasteiger partial charge on any atom is 0.337 e. The summed E-state index contributed by atoms with van der Waals surface area (Å²) in [6, 6.07) is 9.94. The van der Waals surface area contributed by atoms with Crippen LogP contribution in [0.4, 0.5) is 5.82 Å². The van der Waals surface area contributed by atoms with Gasteiger partial charge in [-0.05, 0) is 36.6 Å². The molecule has 0 atom stereocenters. The Morgan fingerprint density at radius 2 is 2.14 bits per heavy atom. The van der Waals surface area contributed by atoms with Gasteiger partial charge in [0.1, 0.15) is 17.0 Å². The van der Waals surface area contributed by atoms with Crippen molar-refractivity contribution in [2.75, 3.05) is 25.5 Å². The number of likely N-dealkylation sites (tertiary alicyclic amines) is 1. The predicted octanol–water partition coefficient (Wildman–Crippen LogP) is 4.21. The normalized spacial score (nSPS) is 15.6. The van der Waals surface area contributed by atoms with E-state index in [1.165, 1.54) is 18.4 Å². The average molecular weight is 417 g/mol. The molecule has 1 N–H and O–H groups in total. The molecular formula is C20H21ClN4O2S. The zero-order valence-corrected chi connectivity index (χ0v) is 17.1. The number of anilines is 1. The van der Waals surface area contributed by atoms with Crippen LogP contribution >= 0.6 is 22.9 Å². The van der Waals surface area contributed by atoms with Gasteiger partial charge in [-0.3, -0.25) is 4.90 Å². The van der Waals surface area contributed by atoms with Crippen molar-refractivity contribution < 1.29 is 9.53 Å². The minimum atomic E-state index is -0.297. The molecule has 0 saturated carbocycles. The number of fused-ring (bicyclic) bond motifs is 1. The summed E-state index contributed by atoms with van der Waals surface area (Å²) in [6.07, 6.45) is 3.64. The quantitative estimate of drug-likeness (QED) is 0.628. The van der Waals surface area contributed by atoms with Gasteiger partial charge in [0, 0.05) is 25.7 Å². The number of carbonyl (C=O) groups excluding carboxylic acids is 1. The monoisotopic (exact) mass is 416 g/mol. The molecule has 3 heterocycles. The van der Waals surface area contributed by atoms with Crippen molar-refractivity contribution in [2.45, 2.75) is 25.4 Å². The molecule has 146 valence electrons. The summed E-state index contributed by atoms with van der Waals surface area (Å²) in [4.78, 5) is 23.7. The van der Waals surface area contributed by atoms with Gasteiger partial charge in [-0.2, -0.15) is 0 Å². The van der Waals surface area contributed by atoms with E-state index in [-0.39, 0.29) is 5.97 Å². The molecule has 1 aromatic carbocycles. The molecule has 0 unspecified atom stereocenters. The Bertz CT molecular complexity index is 985. The largest absolute Gasteiger partial charge is 0.465 e. The summed E-state index contributed by atoms with van der Waals surface area (Å²) < 4.78 is 5.53. The lowest BCUT2D eigenvalue weighted by atomic mass is 10.0. The van der Waals surface area contributed by atoms with E-state index < -0.39 is 0 Å². The molecule has 1 aliphatic heterocycles. The maximum absolute atomic E-state index is 11.7. The lowest BCUT2D eigenvalue weighted by Gasteiger charge is -2.32. The Labute approximate surface area is 172 Å². The van der Waals surface area contributed by atoms with Crippen LogP contribution in [0.5, 0.6) is 0 Å². The Hall–Kier alpha value is -2.22. The van der Waals surface area contributed by atoms with Crippen LogP contribution < -0.4 is 5.32 Å². The van der Waals surface area contributed by atoms with E-state index in [4.69, 9.17) is 16.3 Å². The van der Waals surface area contributed by atoms with E-state index in [0.717, 1.165) is 58.4 Å². The standard InChI is InChI=1S/C20H21ClN4O2S/c1-27-20(26)14-4-2-3-13(9-14)11-25-7-5-15(6-8-25)24-18-16-10-17(21)28-19(16)23-12-22-18/h2-4,9-10,12,15H,5-8,11H2,1H3,(H,22,23,24). The van der Waals surface area contributed by atoms with Crippen LogP contribution in [0, 0.1) is 0 Å². The number of halogens is 1. The Morgan fingerprint density at radius 1 is 1.32 bits per heavy atom. The first-order valence-corrected chi connectivity index (χ1v) is 10.4. The first-order chi connectivity index (χ1) is 13.6. The fourth-order valence-corrected chi connectivity index (χ4v) is 4.60. The number of thiophene rings is 1. The fraction of sp³-hybridized carbons (Fsp3) is 0.350. The van der Waals surface area contributed by atoms with Crippen molar-refractivity contribution in [1.82, 2.24) is 14.9 Å². The molecule has 2 aromatic heterocycles. The molecule has 6 nitrogen and oxygen atoms in total. The number of hydrogen-bond acceptors (Lipinski definition) is 7. The molecule has 1 fully saturated rings. The van der Waals surface area contributed by atoms with E-state index in [0.29, 0.717) is 11.6 Å². The molecular weight excluding hydrogens is 396 g/mol. The number of rotatable bonds is 5. The van der Waals surface area contributed by atoms with Gasteiger partial charge in [-0.15, -0.1) is 11.3 Å². The average Bonchev–Trinajstić information content (AvgIpc) is 3.10. The highest BCUT2D eigenvalue weighted by Gasteiger charge is 2.21. The number of nitrogens with zero attached hydrogens (tertiary/aromatic N) is 3. The van der Waals surface area contributed by atoms with Crippen LogP contribution in [0.25, 0.3) is 10.2 Å². The van der Waals surface area contributed by atoms with Crippen molar-refractivity contribution in [2.24, 2.45) is 0 Å². The van der Waals surface area contributed by atoms with Crippen molar-refractivity contribution in [3.8, 4) is 0 Å². The summed E-state index contributed by atoms with van der Waals surface area (Å²) in [5, 5.41) is 4.55. The maximum atomic E-state index is 11.7. The van der Waals surface area contributed by atoms with Gasteiger partial charge in [-0.1, -0.05) is 23.7 Å². The predicted molar refractivity (Wildman–Crippen MR) is 112 cm³/mol. The van der Waals surface area contributed by atoms with Crippen LogP contribution in [0.2, 0.25) is 4.34 Å². The highest BCUT2D eigenvalue weighted by molar-refractivity contribution is 7.22. The molecule has 4 rings (SSSR count). The molecule has 0 bridgehead atoms. The zero-order chi connectivity index (χ0) is 19.5. The second-order valence-corrected chi connectivity index (χ2v) is 8.54. The third kappa shape index (κ3) is 4.27. The first-order valence-electron chi connectivity index (χ1n) is 9.18. The molecule has 3 aromatic rings. The van der Waals surface area contributed by atoms with Crippen LogP contribution in [0.1, 0.15) is 28.8 Å². The number of aromatic nitrogens is 2. The van der Waals surface area contributed by atoms with Gasteiger partial charge >= 0.3 is 5.97 Å². The Morgan fingerprint density at radius 3 is 2.93 bits per heavy atom. The van der Waals surface area contributed by atoms with Crippen LogP contribution in [-0.4, -0.2) is 47.1 Å². The summed E-state index contributed by atoms with van der Waals surface area (Å²) in [7, 11) is 1.41. The third-order valence-corrected chi connectivity index (χ3v) is 6.15. The van der Waals surface area contributed by atoms with Crippen LogP contribution in [0.3, 0.4) is 0 Å². The van der Waals surface area contributed by atoms with Gasteiger partial charge in [0.2, 0.25) is 0 Å². The fourth-order valence-electron chi connectivity index (χ4n) is 3.54. The van der Waals surface area contributed by atoms with E-state index >= 15 is 0 Å². The molecule has 0 radical (unpaired) electrons. The number of carbonyl (C=O) groups is 1. The second-order valence-electron chi connectivity index (χ2n) is 6.88. The molecule has 1 saturated heterocycles. The summed E-state index contributed by atoms with van der Waals surface area (Å²) in [5.41, 5.74) is 1.72. The second kappa shape index (κ2) is 8.43. The molecule has 0 aliphatic carbocycles. The Kier molecular flexibility index (Phi) is 5.75. The lowest BCUT2D eigenvalue weighted by Crippen LogP contribution is -2.38. The minimum absolute atomic E-state index is 0.297. The summed E-state index contributed by atoms with van der Waals surface area (Å²) in [5.74, 6) is 0.562. The van der Waals surface area contributed by atoms with Crippen molar-refractivity contribution >= 4 is 44.9 Å². The van der Waals surface area contributed by atoms with Crippen LogP contribution in [-0.2, 0) is 11.3 Å². The molecule has 0 spiro atoms. The summed E-state index contributed by atoms with van der Waals surface area (Å²) >= 11 is 7.59. The molecule has 0 amide bonds. The van der Waals surface area contributed by atoms with Crippen molar-refractivity contribution in [3.63, 3.8) is 0 Å².